The first-order valence-corrected chi connectivity index (χ1v) is 7.85. The molecule has 1 aliphatic rings. The van der Waals surface area contributed by atoms with Crippen LogP contribution in [0.3, 0.4) is 0 Å². The van der Waals surface area contributed by atoms with Crippen molar-refractivity contribution in [3.63, 3.8) is 0 Å². The van der Waals surface area contributed by atoms with Crippen LogP contribution in [-0.4, -0.2) is 56.7 Å². The minimum absolute atomic E-state index is 0.0174. The first-order valence-electron chi connectivity index (χ1n) is 7.85. The number of likely N-dealkylation sites (N-methyl/N-ethyl adjacent to an activating group) is 1. The van der Waals surface area contributed by atoms with Crippen LogP contribution in [0.1, 0.15) is 29.0 Å². The quantitative estimate of drug-likeness (QED) is 0.853. The first-order chi connectivity index (χ1) is 11.0. The molecule has 0 spiro atoms. The first kappa shape index (κ1) is 15.5. The van der Waals surface area contributed by atoms with Crippen molar-refractivity contribution >= 4 is 11.7 Å². The average molecular weight is 314 g/mol. The van der Waals surface area contributed by atoms with E-state index in [0.717, 1.165) is 37.6 Å². The number of aromatic nitrogens is 4. The minimum atomic E-state index is 0.0174. The van der Waals surface area contributed by atoms with Gasteiger partial charge in [0.2, 0.25) is 0 Å². The fourth-order valence-corrected chi connectivity index (χ4v) is 3.00. The molecule has 0 aliphatic carbocycles. The molecule has 0 N–H and O–H groups in total. The molecular weight excluding hydrogens is 292 g/mol. The van der Waals surface area contributed by atoms with Gasteiger partial charge in [0.25, 0.3) is 5.91 Å². The summed E-state index contributed by atoms with van der Waals surface area (Å²) in [6.07, 6.45) is 7.20. The van der Waals surface area contributed by atoms with Crippen LogP contribution in [0.15, 0.2) is 24.7 Å². The second-order valence-electron chi connectivity index (χ2n) is 6.02. The molecule has 1 fully saturated rings. The van der Waals surface area contributed by atoms with E-state index in [4.69, 9.17) is 0 Å². The van der Waals surface area contributed by atoms with Gasteiger partial charge in [0, 0.05) is 45.6 Å². The molecule has 3 rings (SSSR count). The lowest BCUT2D eigenvalue weighted by Crippen LogP contribution is -2.48. The van der Waals surface area contributed by atoms with E-state index in [9.17, 15) is 4.79 Å². The van der Waals surface area contributed by atoms with Crippen molar-refractivity contribution in [2.24, 2.45) is 7.05 Å². The largest absolute Gasteiger partial charge is 0.354 e. The maximum atomic E-state index is 12.6. The van der Waals surface area contributed by atoms with Gasteiger partial charge in [-0.1, -0.05) is 0 Å². The van der Waals surface area contributed by atoms with Crippen molar-refractivity contribution < 1.29 is 4.79 Å². The summed E-state index contributed by atoms with van der Waals surface area (Å²) in [6.45, 7) is 3.64. The van der Waals surface area contributed by atoms with Gasteiger partial charge in [0.05, 0.1) is 11.8 Å². The van der Waals surface area contributed by atoms with Crippen LogP contribution in [0.5, 0.6) is 0 Å². The maximum absolute atomic E-state index is 12.6. The Kier molecular flexibility index (Phi) is 4.27. The molecule has 1 atom stereocenters. The van der Waals surface area contributed by atoms with E-state index < -0.39 is 0 Å². The Bertz CT molecular complexity index is 697. The number of nitrogens with zero attached hydrogens (tertiary/aromatic N) is 6. The Labute approximate surface area is 135 Å². The van der Waals surface area contributed by atoms with Crippen molar-refractivity contribution in [2.75, 3.05) is 25.0 Å². The molecule has 0 aromatic carbocycles. The van der Waals surface area contributed by atoms with Gasteiger partial charge in [-0.2, -0.15) is 5.10 Å². The fraction of sp³-hybridized carbons (Fsp3) is 0.500. The zero-order valence-electron chi connectivity index (χ0n) is 13.8. The molecule has 2 aromatic rings. The van der Waals surface area contributed by atoms with Crippen LogP contribution < -0.4 is 4.90 Å². The van der Waals surface area contributed by atoms with Crippen LogP contribution in [-0.2, 0) is 7.05 Å². The Balaban J connectivity index is 1.71. The SMILES string of the molecule is Cc1nccc(N2CCCC(N(C)C(=O)c3cnn(C)c3)C2)n1. The van der Waals surface area contributed by atoms with Gasteiger partial charge >= 0.3 is 0 Å². The summed E-state index contributed by atoms with van der Waals surface area (Å²) in [5.74, 6) is 1.72. The molecule has 0 radical (unpaired) electrons. The van der Waals surface area contributed by atoms with Gasteiger partial charge in [-0.3, -0.25) is 9.48 Å². The van der Waals surface area contributed by atoms with Crippen LogP contribution in [0.4, 0.5) is 5.82 Å². The number of carbonyl (C=O) groups is 1. The number of piperidine rings is 1. The lowest BCUT2D eigenvalue weighted by Gasteiger charge is -2.38. The molecule has 7 heteroatoms. The predicted octanol–water partition coefficient (Wildman–Crippen LogP) is 1.26. The molecule has 1 saturated heterocycles. The number of amides is 1. The standard InChI is InChI=1S/C16H22N6O/c1-12-17-7-6-15(19-12)22-8-4-5-14(11-22)21(3)16(23)13-9-18-20(2)10-13/h6-7,9-10,14H,4-5,8,11H2,1-3H3. The molecule has 1 amide bonds. The van der Waals surface area contributed by atoms with E-state index in [-0.39, 0.29) is 11.9 Å². The number of anilines is 1. The van der Waals surface area contributed by atoms with Crippen LogP contribution >= 0.6 is 0 Å². The van der Waals surface area contributed by atoms with Crippen LogP contribution in [0.25, 0.3) is 0 Å². The van der Waals surface area contributed by atoms with Gasteiger partial charge in [-0.15, -0.1) is 0 Å². The summed E-state index contributed by atoms with van der Waals surface area (Å²) < 4.78 is 1.65. The van der Waals surface area contributed by atoms with Crippen LogP contribution in [0.2, 0.25) is 0 Å². The maximum Gasteiger partial charge on any atom is 0.257 e. The van der Waals surface area contributed by atoms with E-state index in [0.29, 0.717) is 5.56 Å². The predicted molar refractivity (Wildman–Crippen MR) is 87.3 cm³/mol. The molecular formula is C16H22N6O. The second kappa shape index (κ2) is 6.36. The fourth-order valence-electron chi connectivity index (χ4n) is 3.00. The van der Waals surface area contributed by atoms with Gasteiger partial charge in [-0.05, 0) is 25.8 Å². The lowest BCUT2D eigenvalue weighted by atomic mass is 10.0. The molecule has 2 aromatic heterocycles. The summed E-state index contributed by atoms with van der Waals surface area (Å²) in [6, 6.07) is 2.10. The topological polar surface area (TPSA) is 67.2 Å². The van der Waals surface area contributed by atoms with E-state index in [1.807, 2.05) is 32.0 Å². The van der Waals surface area contributed by atoms with Crippen molar-refractivity contribution in [1.29, 1.82) is 0 Å². The van der Waals surface area contributed by atoms with E-state index in [1.165, 1.54) is 0 Å². The Morgan fingerprint density at radius 3 is 2.96 bits per heavy atom. The zero-order valence-corrected chi connectivity index (χ0v) is 13.8. The van der Waals surface area contributed by atoms with Crippen molar-refractivity contribution in [3.8, 4) is 0 Å². The van der Waals surface area contributed by atoms with E-state index >= 15 is 0 Å². The molecule has 0 bridgehead atoms. The van der Waals surface area contributed by atoms with E-state index in [1.54, 1.807) is 23.3 Å². The molecule has 1 unspecified atom stereocenters. The Morgan fingerprint density at radius 1 is 1.43 bits per heavy atom. The van der Waals surface area contributed by atoms with E-state index in [2.05, 4.69) is 20.0 Å². The van der Waals surface area contributed by atoms with Crippen molar-refractivity contribution in [1.82, 2.24) is 24.6 Å². The highest BCUT2D eigenvalue weighted by atomic mass is 16.2. The van der Waals surface area contributed by atoms with Crippen molar-refractivity contribution in [2.45, 2.75) is 25.8 Å². The van der Waals surface area contributed by atoms with Gasteiger partial charge in [0.15, 0.2) is 0 Å². The molecule has 122 valence electrons. The van der Waals surface area contributed by atoms with Crippen LogP contribution in [0, 0.1) is 6.92 Å². The number of hydrogen-bond donors (Lipinski definition) is 0. The molecule has 3 heterocycles. The second-order valence-corrected chi connectivity index (χ2v) is 6.02. The van der Waals surface area contributed by atoms with Gasteiger partial charge in [-0.25, -0.2) is 9.97 Å². The average Bonchev–Trinajstić information content (AvgIpc) is 3.00. The Morgan fingerprint density at radius 2 is 2.26 bits per heavy atom. The number of aryl methyl sites for hydroxylation is 2. The Hall–Kier alpha value is -2.44. The number of carbonyl (C=O) groups excluding carboxylic acids is 1. The summed E-state index contributed by atoms with van der Waals surface area (Å²) in [5.41, 5.74) is 0.630. The molecule has 23 heavy (non-hydrogen) atoms. The third-order valence-corrected chi connectivity index (χ3v) is 4.30. The summed E-state index contributed by atoms with van der Waals surface area (Å²) in [7, 11) is 3.69. The summed E-state index contributed by atoms with van der Waals surface area (Å²) in [4.78, 5) is 25.3. The lowest BCUT2D eigenvalue weighted by molar-refractivity contribution is 0.0717. The smallest absolute Gasteiger partial charge is 0.257 e. The molecule has 1 aliphatic heterocycles. The normalized spacial score (nSPS) is 18.0. The highest BCUT2D eigenvalue weighted by Gasteiger charge is 2.27. The van der Waals surface area contributed by atoms with Gasteiger partial charge < -0.3 is 9.80 Å². The van der Waals surface area contributed by atoms with Gasteiger partial charge in [0.1, 0.15) is 11.6 Å². The number of hydrogen-bond acceptors (Lipinski definition) is 5. The highest BCUT2D eigenvalue weighted by Crippen LogP contribution is 2.21. The summed E-state index contributed by atoms with van der Waals surface area (Å²) >= 11 is 0. The third kappa shape index (κ3) is 3.33. The van der Waals surface area contributed by atoms with Crippen molar-refractivity contribution in [3.05, 3.63) is 36.0 Å². The molecule has 0 saturated carbocycles. The third-order valence-electron chi connectivity index (χ3n) is 4.30. The molecule has 7 nitrogen and oxygen atoms in total. The minimum Gasteiger partial charge on any atom is -0.354 e. The highest BCUT2D eigenvalue weighted by molar-refractivity contribution is 5.93. The number of rotatable bonds is 3. The monoisotopic (exact) mass is 314 g/mol. The summed E-state index contributed by atoms with van der Waals surface area (Å²) in [5, 5.41) is 4.08. The zero-order chi connectivity index (χ0) is 16.4.